The Kier molecular flexibility index (Phi) is 6.37. The van der Waals surface area contributed by atoms with Gasteiger partial charge in [0.1, 0.15) is 5.82 Å². The van der Waals surface area contributed by atoms with Gasteiger partial charge in [0.05, 0.1) is 23.9 Å². The zero-order valence-corrected chi connectivity index (χ0v) is 14.0. The van der Waals surface area contributed by atoms with Crippen LogP contribution in [0.25, 0.3) is 11.3 Å². The molecule has 0 spiro atoms. The fraction of sp³-hybridized carbons (Fsp3) is 0.353. The molecule has 1 aromatic carbocycles. The number of carbonyl (C=O) groups excluding carboxylic acids is 1. The number of benzene rings is 1. The number of carboxylic acids is 1. The van der Waals surface area contributed by atoms with Gasteiger partial charge in [-0.05, 0) is 24.6 Å². The average molecular weight is 369 g/mol. The van der Waals surface area contributed by atoms with Crippen molar-refractivity contribution in [3.05, 3.63) is 41.3 Å². The number of halogens is 3. The van der Waals surface area contributed by atoms with Crippen LogP contribution in [0.3, 0.4) is 0 Å². The van der Waals surface area contributed by atoms with Crippen LogP contribution in [0.1, 0.15) is 42.1 Å². The summed E-state index contributed by atoms with van der Waals surface area (Å²) < 4.78 is 41.9. The van der Waals surface area contributed by atoms with E-state index in [-0.39, 0.29) is 35.3 Å². The van der Waals surface area contributed by atoms with Gasteiger partial charge in [0, 0.05) is 24.2 Å². The first-order valence-corrected chi connectivity index (χ1v) is 7.98. The Morgan fingerprint density at radius 1 is 1.31 bits per heavy atom. The van der Waals surface area contributed by atoms with Crippen LogP contribution in [0.5, 0.6) is 0 Å². The van der Waals surface area contributed by atoms with Crippen LogP contribution in [-0.4, -0.2) is 33.3 Å². The predicted molar refractivity (Wildman–Crippen MR) is 87.5 cm³/mol. The van der Waals surface area contributed by atoms with Crippen molar-refractivity contribution in [2.45, 2.75) is 32.7 Å². The van der Waals surface area contributed by atoms with Crippen molar-refractivity contribution in [2.24, 2.45) is 0 Å². The van der Waals surface area contributed by atoms with Crippen molar-refractivity contribution in [2.75, 3.05) is 6.54 Å². The molecule has 0 aliphatic carbocycles. The van der Waals surface area contributed by atoms with Gasteiger partial charge in [0.15, 0.2) is 0 Å². The smallest absolute Gasteiger partial charge is 0.305 e. The van der Waals surface area contributed by atoms with Gasteiger partial charge in [-0.25, -0.2) is 13.2 Å². The highest BCUT2D eigenvalue weighted by atomic mass is 19.3. The summed E-state index contributed by atoms with van der Waals surface area (Å²) in [6.07, 6.45) is -1.42. The highest BCUT2D eigenvalue weighted by Gasteiger charge is 2.21. The van der Waals surface area contributed by atoms with Gasteiger partial charge in [0.25, 0.3) is 12.3 Å². The molecule has 0 radical (unpaired) electrons. The second-order valence-electron chi connectivity index (χ2n) is 5.60. The molecule has 2 rings (SSSR count). The van der Waals surface area contributed by atoms with E-state index in [2.05, 4.69) is 10.4 Å². The van der Waals surface area contributed by atoms with Gasteiger partial charge in [-0.15, -0.1) is 0 Å². The van der Waals surface area contributed by atoms with E-state index in [1.807, 2.05) is 6.92 Å². The van der Waals surface area contributed by atoms with E-state index in [0.717, 1.165) is 18.3 Å². The van der Waals surface area contributed by atoms with Crippen LogP contribution in [0.2, 0.25) is 0 Å². The molecule has 0 unspecified atom stereocenters. The Morgan fingerprint density at radius 2 is 2.04 bits per heavy atom. The average Bonchev–Trinajstić information content (AvgIpc) is 2.98. The summed E-state index contributed by atoms with van der Waals surface area (Å²) in [5, 5.41) is 14.9. The number of aromatic nitrogens is 2. The number of hydrogen-bond donors (Lipinski definition) is 2. The summed E-state index contributed by atoms with van der Waals surface area (Å²) in [6, 6.07) is 3.31. The lowest BCUT2D eigenvalue weighted by Gasteiger charge is -2.11. The largest absolute Gasteiger partial charge is 0.481 e. The lowest BCUT2D eigenvalue weighted by molar-refractivity contribution is -0.136. The normalized spacial score (nSPS) is 11.0. The van der Waals surface area contributed by atoms with E-state index >= 15 is 0 Å². The third-order valence-electron chi connectivity index (χ3n) is 3.60. The minimum atomic E-state index is -2.80. The number of rotatable bonds is 8. The quantitative estimate of drug-likeness (QED) is 0.748. The van der Waals surface area contributed by atoms with Crippen LogP contribution in [0, 0.1) is 5.82 Å². The first kappa shape index (κ1) is 19.5. The van der Waals surface area contributed by atoms with Gasteiger partial charge < -0.3 is 10.4 Å². The third-order valence-corrected chi connectivity index (χ3v) is 3.60. The van der Waals surface area contributed by atoms with Crippen molar-refractivity contribution >= 4 is 11.9 Å². The molecule has 0 saturated carbocycles. The molecule has 2 N–H and O–H groups in total. The molecular formula is C17H18F3N3O3. The maximum absolute atomic E-state index is 14.0. The summed E-state index contributed by atoms with van der Waals surface area (Å²) in [7, 11) is 0. The number of aryl methyl sites for hydroxylation is 1. The first-order chi connectivity index (χ1) is 12.3. The predicted octanol–water partition coefficient (Wildman–Crippen LogP) is 3.24. The molecule has 2 aromatic rings. The van der Waals surface area contributed by atoms with Crippen molar-refractivity contribution in [1.82, 2.24) is 15.1 Å². The molecule has 0 aliphatic rings. The number of aliphatic carboxylic acids is 1. The molecule has 1 aromatic heterocycles. The van der Waals surface area contributed by atoms with E-state index < -0.39 is 24.1 Å². The van der Waals surface area contributed by atoms with Crippen molar-refractivity contribution < 1.29 is 27.9 Å². The molecule has 140 valence electrons. The van der Waals surface area contributed by atoms with Gasteiger partial charge in [0.2, 0.25) is 0 Å². The van der Waals surface area contributed by atoms with E-state index in [1.165, 1.54) is 10.7 Å². The third kappa shape index (κ3) is 4.62. The molecule has 0 saturated heterocycles. The van der Waals surface area contributed by atoms with Crippen LogP contribution in [0.4, 0.5) is 13.2 Å². The van der Waals surface area contributed by atoms with Crippen molar-refractivity contribution in [1.29, 1.82) is 0 Å². The number of amides is 1. The highest BCUT2D eigenvalue weighted by molar-refractivity contribution is 5.95. The van der Waals surface area contributed by atoms with E-state index in [1.54, 1.807) is 0 Å². The molecule has 1 heterocycles. The van der Waals surface area contributed by atoms with Gasteiger partial charge in [-0.2, -0.15) is 5.10 Å². The maximum atomic E-state index is 14.0. The Labute approximate surface area is 147 Å². The van der Waals surface area contributed by atoms with E-state index in [0.29, 0.717) is 13.0 Å². The Hall–Kier alpha value is -2.84. The summed E-state index contributed by atoms with van der Waals surface area (Å²) in [5.41, 5.74) is -0.272. The Morgan fingerprint density at radius 3 is 2.65 bits per heavy atom. The molecule has 0 bridgehead atoms. The van der Waals surface area contributed by atoms with Gasteiger partial charge >= 0.3 is 5.97 Å². The molecule has 0 fully saturated rings. The molecule has 6 nitrogen and oxygen atoms in total. The lowest BCUT2D eigenvalue weighted by atomic mass is 10.0. The number of nitrogens with zero attached hydrogens (tertiary/aromatic N) is 2. The molecular weight excluding hydrogens is 351 g/mol. The second-order valence-corrected chi connectivity index (χ2v) is 5.60. The van der Waals surface area contributed by atoms with Crippen molar-refractivity contribution in [3.63, 3.8) is 0 Å². The number of alkyl halides is 2. The summed E-state index contributed by atoms with van der Waals surface area (Å²) in [5.74, 6) is -2.54. The summed E-state index contributed by atoms with van der Waals surface area (Å²) in [6.45, 7) is 2.08. The van der Waals surface area contributed by atoms with Crippen molar-refractivity contribution in [3.8, 4) is 11.3 Å². The van der Waals surface area contributed by atoms with Crippen LogP contribution in [-0.2, 0) is 11.3 Å². The minimum Gasteiger partial charge on any atom is -0.481 e. The topological polar surface area (TPSA) is 84.2 Å². The number of hydrogen-bond acceptors (Lipinski definition) is 3. The molecule has 26 heavy (non-hydrogen) atoms. The van der Waals surface area contributed by atoms with Crippen LogP contribution < -0.4 is 5.32 Å². The number of carboxylic acid groups (broad SMARTS) is 1. The molecule has 9 heteroatoms. The fourth-order valence-electron chi connectivity index (χ4n) is 2.50. The van der Waals surface area contributed by atoms with Crippen LogP contribution in [0.15, 0.2) is 24.4 Å². The molecule has 0 aliphatic heterocycles. The minimum absolute atomic E-state index is 0.0564. The van der Waals surface area contributed by atoms with E-state index in [4.69, 9.17) is 5.11 Å². The zero-order valence-electron chi connectivity index (χ0n) is 14.0. The second kappa shape index (κ2) is 8.50. The Bertz CT molecular complexity index is 806. The Balaban J connectivity index is 2.39. The number of carbonyl (C=O) groups is 2. The molecule has 1 amide bonds. The monoisotopic (exact) mass is 369 g/mol. The first-order valence-electron chi connectivity index (χ1n) is 7.98. The molecule has 0 atom stereocenters. The zero-order chi connectivity index (χ0) is 19.3. The fourth-order valence-corrected chi connectivity index (χ4v) is 2.50. The SMILES string of the molecule is CCCn1ncc(C(F)F)c1-c1cc(F)cc(C(=O)NCCC(=O)O)c1. The summed E-state index contributed by atoms with van der Waals surface area (Å²) >= 11 is 0. The van der Waals surface area contributed by atoms with Crippen LogP contribution >= 0.6 is 0 Å². The highest BCUT2D eigenvalue weighted by Crippen LogP contribution is 2.32. The number of nitrogens with one attached hydrogen (secondary N) is 1. The van der Waals surface area contributed by atoms with Gasteiger partial charge in [-0.3, -0.25) is 14.3 Å². The van der Waals surface area contributed by atoms with Gasteiger partial charge in [-0.1, -0.05) is 6.92 Å². The maximum Gasteiger partial charge on any atom is 0.305 e. The summed E-state index contributed by atoms with van der Waals surface area (Å²) in [4.78, 5) is 22.6. The standard InChI is InChI=1S/C17H18F3N3O3/c1-2-5-23-15(13(9-22-23)16(19)20)10-6-11(8-12(18)7-10)17(26)21-4-3-14(24)25/h6-9,16H,2-5H2,1H3,(H,21,26)(H,24,25). The lowest BCUT2D eigenvalue weighted by Crippen LogP contribution is -2.26. The van der Waals surface area contributed by atoms with E-state index in [9.17, 15) is 22.8 Å².